The summed E-state index contributed by atoms with van der Waals surface area (Å²) in [5.41, 5.74) is 4.50. The second-order valence-corrected chi connectivity index (χ2v) is 8.53. The quantitative estimate of drug-likeness (QED) is 0.328. The van der Waals surface area contributed by atoms with E-state index in [1.54, 1.807) is 30.7 Å². The summed E-state index contributed by atoms with van der Waals surface area (Å²) in [6.45, 7) is 2.76. The molecule has 8 heteroatoms. The number of anilines is 2. The van der Waals surface area contributed by atoms with Gasteiger partial charge < -0.3 is 24.0 Å². The van der Waals surface area contributed by atoms with E-state index in [-0.39, 0.29) is 5.56 Å². The Morgan fingerprint density at radius 2 is 1.83 bits per heavy atom. The van der Waals surface area contributed by atoms with Gasteiger partial charge >= 0.3 is 0 Å². The number of nitrogens with one attached hydrogen (secondary N) is 2. The van der Waals surface area contributed by atoms with Crippen LogP contribution in [0.1, 0.15) is 11.3 Å². The molecule has 1 aromatic carbocycles. The molecular weight excluding hydrogens is 442 g/mol. The van der Waals surface area contributed by atoms with E-state index >= 15 is 0 Å². The molecule has 0 saturated carbocycles. The van der Waals surface area contributed by atoms with Gasteiger partial charge in [0.05, 0.1) is 24.0 Å². The van der Waals surface area contributed by atoms with Crippen molar-refractivity contribution in [2.75, 3.05) is 19.4 Å². The Labute approximate surface area is 202 Å². The average molecular weight is 468 g/mol. The van der Waals surface area contributed by atoms with Crippen molar-refractivity contribution in [3.8, 4) is 33.9 Å². The van der Waals surface area contributed by atoms with Crippen molar-refractivity contribution >= 4 is 11.7 Å². The maximum absolute atomic E-state index is 12.1. The minimum absolute atomic E-state index is 0.196. The number of hydrogen-bond acceptors (Lipinski definition) is 7. The number of aromatic amines is 1. The first kappa shape index (κ1) is 22.4. The van der Waals surface area contributed by atoms with E-state index in [1.165, 1.54) is 0 Å². The van der Waals surface area contributed by atoms with E-state index in [9.17, 15) is 4.79 Å². The molecule has 5 rings (SSSR count). The van der Waals surface area contributed by atoms with Gasteiger partial charge in [0.2, 0.25) is 0 Å². The molecule has 0 fully saturated rings. The van der Waals surface area contributed by atoms with E-state index in [4.69, 9.17) is 8.83 Å². The molecule has 0 aliphatic carbocycles. The normalized spacial score (nSPS) is 11.2. The molecule has 4 aromatic heterocycles. The Balaban J connectivity index is 1.38. The molecule has 0 amide bonds. The molecule has 5 aromatic rings. The van der Waals surface area contributed by atoms with Gasteiger partial charge in [-0.1, -0.05) is 12.1 Å². The molecule has 176 valence electrons. The monoisotopic (exact) mass is 467 g/mol. The zero-order valence-corrected chi connectivity index (χ0v) is 19.7. The van der Waals surface area contributed by atoms with Crippen LogP contribution in [-0.4, -0.2) is 33.9 Å². The number of benzene rings is 1. The van der Waals surface area contributed by atoms with E-state index in [0.717, 1.165) is 40.4 Å². The van der Waals surface area contributed by atoms with Crippen molar-refractivity contribution in [1.82, 2.24) is 19.9 Å². The van der Waals surface area contributed by atoms with Crippen LogP contribution in [0.15, 0.2) is 86.8 Å². The molecule has 0 unspecified atom stereocenters. The van der Waals surface area contributed by atoms with Gasteiger partial charge in [-0.05, 0) is 69.0 Å². The molecule has 0 spiro atoms. The van der Waals surface area contributed by atoms with Crippen LogP contribution in [0.5, 0.6) is 0 Å². The molecule has 35 heavy (non-hydrogen) atoms. The van der Waals surface area contributed by atoms with Gasteiger partial charge in [-0.2, -0.15) is 0 Å². The summed E-state index contributed by atoms with van der Waals surface area (Å²) in [5, 5.41) is 3.27. The third kappa shape index (κ3) is 4.92. The van der Waals surface area contributed by atoms with Gasteiger partial charge in [0, 0.05) is 29.2 Å². The topological polar surface area (TPSA) is 100 Å². The fourth-order valence-corrected chi connectivity index (χ4v) is 3.77. The summed E-state index contributed by atoms with van der Waals surface area (Å²) in [7, 11) is 4.02. The van der Waals surface area contributed by atoms with Crippen molar-refractivity contribution in [2.24, 2.45) is 0 Å². The molecule has 0 aliphatic heterocycles. The van der Waals surface area contributed by atoms with Crippen LogP contribution in [0.25, 0.3) is 33.9 Å². The molecule has 0 atom stereocenters. The van der Waals surface area contributed by atoms with Crippen molar-refractivity contribution in [3.05, 3.63) is 94.9 Å². The Morgan fingerprint density at radius 3 is 2.66 bits per heavy atom. The summed E-state index contributed by atoms with van der Waals surface area (Å²) in [4.78, 5) is 25.6. The minimum Gasteiger partial charge on any atom is -0.460 e. The van der Waals surface area contributed by atoms with Gasteiger partial charge in [0.15, 0.2) is 5.76 Å². The largest absolute Gasteiger partial charge is 0.460 e. The van der Waals surface area contributed by atoms with Crippen LogP contribution in [0.3, 0.4) is 0 Å². The lowest BCUT2D eigenvalue weighted by atomic mass is 10.1. The molecule has 4 heterocycles. The molecule has 2 N–H and O–H groups in total. The molecule has 0 saturated heterocycles. The highest BCUT2D eigenvalue weighted by Crippen LogP contribution is 2.31. The smallest absolute Gasteiger partial charge is 0.299 e. The van der Waals surface area contributed by atoms with Crippen LogP contribution < -0.4 is 10.9 Å². The predicted molar refractivity (Wildman–Crippen MR) is 135 cm³/mol. The van der Waals surface area contributed by atoms with Gasteiger partial charge in [-0.15, -0.1) is 0 Å². The Hall–Kier alpha value is -4.43. The lowest BCUT2D eigenvalue weighted by Gasteiger charge is -2.09. The van der Waals surface area contributed by atoms with Crippen LogP contribution in [-0.2, 0) is 6.54 Å². The van der Waals surface area contributed by atoms with Gasteiger partial charge in [0.25, 0.3) is 11.6 Å². The first-order valence-electron chi connectivity index (χ1n) is 11.2. The Kier molecular flexibility index (Phi) is 6.03. The maximum Gasteiger partial charge on any atom is 0.299 e. The predicted octanol–water partition coefficient (Wildman–Crippen LogP) is 5.47. The highest BCUT2D eigenvalue weighted by molar-refractivity contribution is 5.70. The standard InChI is InChI=1S/C27H25N5O3/c1-17-6-7-18(24-9-8-20(34-24)16-32(2)3)13-22(17)31-27-30-15-25(35-27)19-10-12-28-23(14-19)21-5-4-11-29-26(21)33/h4-15H,16H2,1-3H3,(H,29,33)(H,30,31). The van der Waals surface area contributed by atoms with Gasteiger partial charge in [0.1, 0.15) is 11.5 Å². The zero-order valence-electron chi connectivity index (χ0n) is 19.7. The summed E-state index contributed by atoms with van der Waals surface area (Å²) in [6.07, 6.45) is 4.89. The SMILES string of the molecule is Cc1ccc(-c2ccc(CN(C)C)o2)cc1Nc1ncc(-c2ccnc(-c3ccc[nH]c3=O)c2)o1. The first-order valence-corrected chi connectivity index (χ1v) is 11.2. The average Bonchev–Trinajstić information content (AvgIpc) is 3.50. The number of aryl methyl sites for hydroxylation is 1. The van der Waals surface area contributed by atoms with Crippen molar-refractivity contribution in [3.63, 3.8) is 0 Å². The van der Waals surface area contributed by atoms with Gasteiger partial charge in [-0.3, -0.25) is 9.78 Å². The second-order valence-electron chi connectivity index (χ2n) is 8.53. The third-order valence-corrected chi connectivity index (χ3v) is 5.54. The van der Waals surface area contributed by atoms with E-state index in [2.05, 4.69) is 25.2 Å². The number of aromatic nitrogens is 3. The Bertz CT molecular complexity index is 1530. The van der Waals surface area contributed by atoms with Crippen LogP contribution in [0, 0.1) is 6.92 Å². The van der Waals surface area contributed by atoms with Crippen molar-refractivity contribution in [1.29, 1.82) is 0 Å². The highest BCUT2D eigenvalue weighted by Gasteiger charge is 2.13. The first-order chi connectivity index (χ1) is 17.0. The zero-order chi connectivity index (χ0) is 24.4. The summed E-state index contributed by atoms with van der Waals surface area (Å²) in [5.74, 6) is 2.28. The number of rotatable bonds is 7. The minimum atomic E-state index is -0.196. The highest BCUT2D eigenvalue weighted by atomic mass is 16.4. The molecule has 0 bridgehead atoms. The summed E-state index contributed by atoms with van der Waals surface area (Å²) >= 11 is 0. The van der Waals surface area contributed by atoms with Crippen molar-refractivity contribution < 1.29 is 8.83 Å². The van der Waals surface area contributed by atoms with E-state index in [0.29, 0.717) is 23.0 Å². The number of oxazole rings is 1. The number of H-pyrrole nitrogens is 1. The maximum atomic E-state index is 12.1. The number of hydrogen-bond donors (Lipinski definition) is 2. The Morgan fingerprint density at radius 1 is 0.971 bits per heavy atom. The van der Waals surface area contributed by atoms with Crippen LogP contribution >= 0.6 is 0 Å². The summed E-state index contributed by atoms with van der Waals surface area (Å²) < 4.78 is 12.0. The molecule has 8 nitrogen and oxygen atoms in total. The van der Waals surface area contributed by atoms with E-state index < -0.39 is 0 Å². The molecule has 0 aliphatic rings. The lowest BCUT2D eigenvalue weighted by molar-refractivity contribution is 0.353. The van der Waals surface area contributed by atoms with E-state index in [1.807, 2.05) is 63.5 Å². The van der Waals surface area contributed by atoms with Gasteiger partial charge in [-0.25, -0.2) is 4.98 Å². The molecular formula is C27H25N5O3. The number of pyridine rings is 2. The fraction of sp³-hybridized carbons (Fsp3) is 0.148. The number of furan rings is 1. The van der Waals surface area contributed by atoms with Crippen LogP contribution in [0.4, 0.5) is 11.7 Å². The number of nitrogens with zero attached hydrogens (tertiary/aromatic N) is 3. The fourth-order valence-electron chi connectivity index (χ4n) is 3.77. The lowest BCUT2D eigenvalue weighted by Crippen LogP contribution is -2.09. The second kappa shape index (κ2) is 9.44. The van der Waals surface area contributed by atoms with Crippen LogP contribution in [0.2, 0.25) is 0 Å². The molecule has 0 radical (unpaired) electrons. The summed E-state index contributed by atoms with van der Waals surface area (Å²) in [6, 6.07) is 17.5. The third-order valence-electron chi connectivity index (χ3n) is 5.54. The van der Waals surface area contributed by atoms with Crippen molar-refractivity contribution in [2.45, 2.75) is 13.5 Å².